The van der Waals surface area contributed by atoms with Gasteiger partial charge in [-0.1, -0.05) is 24.3 Å². The summed E-state index contributed by atoms with van der Waals surface area (Å²) >= 11 is 0. The zero-order valence-electron chi connectivity index (χ0n) is 17.4. The van der Waals surface area contributed by atoms with E-state index in [1.54, 1.807) is 45.9 Å². The van der Waals surface area contributed by atoms with Crippen LogP contribution < -0.4 is 0 Å². The van der Waals surface area contributed by atoms with E-state index in [9.17, 15) is 14.2 Å². The fourth-order valence-electron chi connectivity index (χ4n) is 3.16. The van der Waals surface area contributed by atoms with Crippen LogP contribution in [-0.2, 0) is 33.6 Å². The summed E-state index contributed by atoms with van der Waals surface area (Å²) in [5.41, 5.74) is 0.785. The first kappa shape index (κ1) is 24.1. The number of hydrogen-bond acceptors (Lipinski definition) is 7. The Morgan fingerprint density at radius 3 is 1.69 bits per heavy atom. The van der Waals surface area contributed by atoms with Gasteiger partial charge in [-0.3, -0.25) is 9.13 Å². The third-order valence-electron chi connectivity index (χ3n) is 4.27. The zero-order valence-corrected chi connectivity index (χ0v) is 19.2. The fraction of sp³-hybridized carbons (Fsp3) is 0.500. The molecule has 0 heterocycles. The third kappa shape index (κ3) is 5.91. The summed E-state index contributed by atoms with van der Waals surface area (Å²) < 4.78 is 49.3. The molecule has 2 aromatic rings. The lowest BCUT2D eigenvalue weighted by Gasteiger charge is -2.31. The van der Waals surface area contributed by atoms with Gasteiger partial charge in [-0.05, 0) is 62.6 Å². The molecule has 7 nitrogen and oxygen atoms in total. The third-order valence-corrected chi connectivity index (χ3v) is 10.3. The monoisotopic (exact) mass is 444 g/mol. The van der Waals surface area contributed by atoms with E-state index in [4.69, 9.17) is 18.1 Å². The summed E-state index contributed by atoms with van der Waals surface area (Å²) in [6.45, 7) is 7.39. The number of aromatic hydroxyl groups is 1. The van der Waals surface area contributed by atoms with Gasteiger partial charge in [0.25, 0.3) is 0 Å². The van der Waals surface area contributed by atoms with Gasteiger partial charge < -0.3 is 23.2 Å². The maximum absolute atomic E-state index is 13.6. The molecule has 0 saturated carbocycles. The van der Waals surface area contributed by atoms with E-state index in [0.717, 1.165) is 16.3 Å². The van der Waals surface area contributed by atoms with Crippen LogP contribution in [0.1, 0.15) is 33.3 Å². The summed E-state index contributed by atoms with van der Waals surface area (Å²) in [7, 11) is -7.59. The molecule has 0 unspecified atom stereocenters. The molecule has 0 bridgehead atoms. The predicted molar refractivity (Wildman–Crippen MR) is 115 cm³/mol. The highest BCUT2D eigenvalue weighted by molar-refractivity contribution is 7.72. The van der Waals surface area contributed by atoms with Crippen LogP contribution in [0.5, 0.6) is 5.75 Å². The number of fused-ring (bicyclic) bond motifs is 1. The second-order valence-electron chi connectivity index (χ2n) is 6.30. The van der Waals surface area contributed by atoms with E-state index in [1.807, 2.05) is 18.2 Å². The molecule has 1 N–H and O–H groups in total. The molecule has 162 valence electrons. The fourth-order valence-corrected chi connectivity index (χ4v) is 8.49. The van der Waals surface area contributed by atoms with Gasteiger partial charge in [0.1, 0.15) is 5.75 Å². The number of phenolic OH excluding ortho intramolecular Hbond substituents is 1. The molecule has 29 heavy (non-hydrogen) atoms. The molecular weight excluding hydrogens is 414 g/mol. The van der Waals surface area contributed by atoms with Crippen LogP contribution in [0.15, 0.2) is 36.4 Å². The molecule has 0 saturated heterocycles. The Kier molecular flexibility index (Phi) is 8.90. The normalized spacial score (nSPS) is 12.7. The van der Waals surface area contributed by atoms with Crippen LogP contribution in [0.2, 0.25) is 0 Å². The molecule has 0 spiro atoms. The summed E-state index contributed by atoms with van der Waals surface area (Å²) in [5, 5.41) is 10.3. The Labute approximate surface area is 172 Å². The Balaban J connectivity index is 2.52. The maximum atomic E-state index is 13.6. The molecule has 0 aliphatic heterocycles. The minimum absolute atomic E-state index is 0.130. The topological polar surface area (TPSA) is 91.3 Å². The average molecular weight is 444 g/mol. The lowest BCUT2D eigenvalue weighted by molar-refractivity contribution is 0.195. The molecule has 0 amide bonds. The number of rotatable bonds is 12. The summed E-state index contributed by atoms with van der Waals surface area (Å²) in [6, 6.07) is 10.6. The Hall–Kier alpha value is -1.20. The van der Waals surface area contributed by atoms with Crippen molar-refractivity contribution in [3.63, 3.8) is 0 Å². The molecule has 9 heteroatoms. The lowest BCUT2D eigenvalue weighted by atomic mass is 10.1. The molecule has 0 aliphatic rings. The molecule has 0 aliphatic carbocycles. The van der Waals surface area contributed by atoms with Crippen molar-refractivity contribution in [2.24, 2.45) is 0 Å². The predicted octanol–water partition coefficient (Wildman–Crippen LogP) is 5.95. The van der Waals surface area contributed by atoms with Crippen molar-refractivity contribution in [3.05, 3.63) is 42.0 Å². The first-order chi connectivity index (χ1) is 13.8. The van der Waals surface area contributed by atoms with Gasteiger partial charge in [0.15, 0.2) is 5.40 Å². The van der Waals surface area contributed by atoms with E-state index in [2.05, 4.69) is 0 Å². The van der Waals surface area contributed by atoms with Crippen molar-refractivity contribution >= 4 is 26.0 Å². The number of benzene rings is 2. The average Bonchev–Trinajstić information content (AvgIpc) is 2.66. The molecule has 0 radical (unpaired) electrons. The molecular formula is C20H30O7P2. The van der Waals surface area contributed by atoms with Gasteiger partial charge in [0.2, 0.25) is 0 Å². The van der Waals surface area contributed by atoms with Crippen LogP contribution in [-0.4, -0.2) is 36.9 Å². The highest BCUT2D eigenvalue weighted by atomic mass is 31.2. The van der Waals surface area contributed by atoms with Crippen LogP contribution in [0.4, 0.5) is 0 Å². The molecule has 2 rings (SSSR count). The van der Waals surface area contributed by atoms with Gasteiger partial charge in [-0.15, -0.1) is 0 Å². The van der Waals surface area contributed by atoms with Gasteiger partial charge in [0, 0.05) is 0 Å². The van der Waals surface area contributed by atoms with Gasteiger partial charge in [-0.2, -0.15) is 0 Å². The van der Waals surface area contributed by atoms with Gasteiger partial charge in [0.05, 0.1) is 26.4 Å². The summed E-state index contributed by atoms with van der Waals surface area (Å²) in [6.07, 6.45) is 0.130. The van der Waals surface area contributed by atoms with Crippen molar-refractivity contribution in [1.82, 2.24) is 0 Å². The standard InChI is InChI=1S/C20H30O7P2/c1-5-24-28(22,25-6-2)20(29(23,26-7-3)27-8-4)14-16-9-10-18-15-19(21)12-11-17(18)13-16/h9-13,15,20-21H,5-8,14H2,1-4H3. The summed E-state index contributed by atoms with van der Waals surface area (Å²) in [4.78, 5) is 0. The molecule has 0 atom stereocenters. The largest absolute Gasteiger partial charge is 0.508 e. The van der Waals surface area contributed by atoms with Crippen LogP contribution in [0, 0.1) is 0 Å². The highest BCUT2D eigenvalue weighted by Crippen LogP contribution is 2.71. The Bertz CT molecular complexity index is 850. The number of hydrogen-bond donors (Lipinski definition) is 1. The maximum Gasteiger partial charge on any atom is 0.346 e. The minimum atomic E-state index is -3.80. The van der Waals surface area contributed by atoms with E-state index >= 15 is 0 Å². The number of phenols is 1. The highest BCUT2D eigenvalue weighted by Gasteiger charge is 2.50. The second-order valence-corrected chi connectivity index (χ2v) is 11.1. The van der Waals surface area contributed by atoms with E-state index in [0.29, 0.717) is 0 Å². The SMILES string of the molecule is CCOP(=O)(OCC)C(Cc1ccc2cc(O)ccc2c1)P(=O)(OCC)OCC. The minimum Gasteiger partial charge on any atom is -0.508 e. The van der Waals surface area contributed by atoms with Gasteiger partial charge in [-0.25, -0.2) is 0 Å². The van der Waals surface area contributed by atoms with Gasteiger partial charge >= 0.3 is 15.2 Å². The van der Waals surface area contributed by atoms with E-state index in [-0.39, 0.29) is 38.6 Å². The van der Waals surface area contributed by atoms with Crippen molar-refractivity contribution in [1.29, 1.82) is 0 Å². The van der Waals surface area contributed by atoms with Crippen LogP contribution in [0.3, 0.4) is 0 Å². The Morgan fingerprint density at radius 2 is 1.21 bits per heavy atom. The second kappa shape index (κ2) is 10.7. The zero-order chi connectivity index (χ0) is 21.5. The van der Waals surface area contributed by atoms with Crippen molar-refractivity contribution in [2.75, 3.05) is 26.4 Å². The van der Waals surface area contributed by atoms with Crippen molar-refractivity contribution in [2.45, 2.75) is 39.5 Å². The first-order valence-electron chi connectivity index (χ1n) is 9.81. The molecule has 0 aromatic heterocycles. The van der Waals surface area contributed by atoms with E-state index < -0.39 is 20.6 Å². The first-order valence-corrected chi connectivity index (χ1v) is 13.0. The lowest BCUT2D eigenvalue weighted by Crippen LogP contribution is -2.20. The summed E-state index contributed by atoms with van der Waals surface area (Å²) in [5.74, 6) is 0.178. The van der Waals surface area contributed by atoms with Crippen LogP contribution in [0.25, 0.3) is 10.8 Å². The Morgan fingerprint density at radius 1 is 0.759 bits per heavy atom. The smallest absolute Gasteiger partial charge is 0.346 e. The molecule has 0 fully saturated rings. The van der Waals surface area contributed by atoms with Crippen molar-refractivity contribution in [3.8, 4) is 5.75 Å². The van der Waals surface area contributed by atoms with E-state index in [1.165, 1.54) is 0 Å². The van der Waals surface area contributed by atoms with Crippen LogP contribution >= 0.6 is 15.2 Å². The quantitative estimate of drug-likeness (QED) is 0.405. The van der Waals surface area contributed by atoms with Crippen molar-refractivity contribution < 1.29 is 32.3 Å². The molecule has 2 aromatic carbocycles.